The molecule has 0 aliphatic rings. The second kappa shape index (κ2) is 8.31. The Kier molecular flexibility index (Phi) is 6.75. The van der Waals surface area contributed by atoms with Gasteiger partial charge in [0.25, 0.3) is 5.91 Å². The van der Waals surface area contributed by atoms with Gasteiger partial charge < -0.3 is 15.4 Å². The fourth-order valence-electron chi connectivity index (χ4n) is 2.31. The number of nitrogens with one attached hydrogen (secondary N) is 2. The highest BCUT2D eigenvalue weighted by atomic mass is 16.5. The molecular weight excluding hydrogens is 296 g/mol. The van der Waals surface area contributed by atoms with Gasteiger partial charge in [0.2, 0.25) is 5.91 Å². The molecule has 1 aromatic carbocycles. The maximum absolute atomic E-state index is 12.1. The topological polar surface area (TPSA) is 84.5 Å². The molecule has 0 atom stereocenters. The summed E-state index contributed by atoms with van der Waals surface area (Å²) < 4.78 is 5.02. The molecule has 6 heteroatoms. The first-order chi connectivity index (χ1) is 10.7. The summed E-state index contributed by atoms with van der Waals surface area (Å²) in [7, 11) is 0. The first kappa shape index (κ1) is 18.7. The molecule has 2 amide bonds. The number of aryl methyl sites for hydroxylation is 3. The number of ether oxygens (including phenoxy) is 1. The van der Waals surface area contributed by atoms with Crippen molar-refractivity contribution in [1.29, 1.82) is 0 Å². The van der Waals surface area contributed by atoms with Gasteiger partial charge in [0, 0.05) is 6.04 Å². The van der Waals surface area contributed by atoms with E-state index in [1.165, 1.54) is 0 Å². The largest absolute Gasteiger partial charge is 0.452 e. The molecule has 0 spiro atoms. The lowest BCUT2D eigenvalue weighted by molar-refractivity contribution is -0.128. The van der Waals surface area contributed by atoms with Gasteiger partial charge in [-0.05, 0) is 45.7 Å². The Balaban J connectivity index is 2.51. The molecule has 0 unspecified atom stereocenters. The fourth-order valence-corrected chi connectivity index (χ4v) is 2.31. The predicted molar refractivity (Wildman–Crippen MR) is 87.2 cm³/mol. The number of benzene rings is 1. The first-order valence-electron chi connectivity index (χ1n) is 7.51. The Morgan fingerprint density at radius 3 is 2.13 bits per heavy atom. The molecule has 23 heavy (non-hydrogen) atoms. The van der Waals surface area contributed by atoms with Crippen molar-refractivity contribution in [3.8, 4) is 0 Å². The molecule has 2 N–H and O–H groups in total. The summed E-state index contributed by atoms with van der Waals surface area (Å²) in [6, 6.07) is 3.78. The highest BCUT2D eigenvalue weighted by molar-refractivity contribution is 5.94. The molecule has 0 aliphatic carbocycles. The average Bonchev–Trinajstić information content (AvgIpc) is 2.41. The van der Waals surface area contributed by atoms with Gasteiger partial charge in [0.05, 0.1) is 12.1 Å². The van der Waals surface area contributed by atoms with Gasteiger partial charge in [0.1, 0.15) is 0 Å². The summed E-state index contributed by atoms with van der Waals surface area (Å²) in [6.07, 6.45) is 0. The lowest BCUT2D eigenvalue weighted by Crippen LogP contribution is -2.41. The Morgan fingerprint density at radius 1 is 1.04 bits per heavy atom. The molecule has 0 bridgehead atoms. The number of carbonyl (C=O) groups excluding carboxylic acids is 3. The van der Waals surface area contributed by atoms with E-state index in [0.717, 1.165) is 16.7 Å². The molecule has 0 heterocycles. The van der Waals surface area contributed by atoms with E-state index in [1.807, 2.05) is 46.8 Å². The van der Waals surface area contributed by atoms with Gasteiger partial charge in [-0.1, -0.05) is 17.7 Å². The zero-order valence-corrected chi connectivity index (χ0v) is 14.3. The van der Waals surface area contributed by atoms with E-state index in [-0.39, 0.29) is 18.5 Å². The third-order valence-corrected chi connectivity index (χ3v) is 3.11. The Bertz CT molecular complexity index is 586. The van der Waals surface area contributed by atoms with Crippen molar-refractivity contribution >= 4 is 17.8 Å². The standard InChI is InChI=1S/C17H24N2O4/c1-10(2)19-14(20)8-18-15(21)9-23-17(22)16-12(4)6-11(3)7-13(16)5/h6-7,10H,8-9H2,1-5H3,(H,18,21)(H,19,20). The quantitative estimate of drug-likeness (QED) is 0.776. The number of esters is 1. The van der Waals surface area contributed by atoms with E-state index < -0.39 is 18.5 Å². The van der Waals surface area contributed by atoms with Crippen LogP contribution in [-0.2, 0) is 14.3 Å². The molecule has 0 aliphatic heterocycles. The minimum absolute atomic E-state index is 0.00437. The second-order valence-corrected chi connectivity index (χ2v) is 5.85. The number of hydrogen-bond acceptors (Lipinski definition) is 4. The molecule has 0 radical (unpaired) electrons. The highest BCUT2D eigenvalue weighted by Gasteiger charge is 2.16. The lowest BCUT2D eigenvalue weighted by Gasteiger charge is -2.12. The van der Waals surface area contributed by atoms with Crippen molar-refractivity contribution in [2.75, 3.05) is 13.2 Å². The zero-order chi connectivity index (χ0) is 17.6. The molecule has 0 saturated carbocycles. The van der Waals surface area contributed by atoms with Crippen molar-refractivity contribution in [2.45, 2.75) is 40.7 Å². The van der Waals surface area contributed by atoms with Crippen LogP contribution in [0.1, 0.15) is 40.9 Å². The molecule has 1 rings (SSSR count). The number of carbonyl (C=O) groups is 3. The van der Waals surface area contributed by atoms with Gasteiger partial charge in [-0.2, -0.15) is 0 Å². The maximum Gasteiger partial charge on any atom is 0.339 e. The van der Waals surface area contributed by atoms with Gasteiger partial charge in [0.15, 0.2) is 6.61 Å². The lowest BCUT2D eigenvalue weighted by atomic mass is 10.00. The molecule has 6 nitrogen and oxygen atoms in total. The number of amides is 2. The summed E-state index contributed by atoms with van der Waals surface area (Å²) in [5.74, 6) is -1.34. The number of rotatable bonds is 6. The monoisotopic (exact) mass is 320 g/mol. The summed E-state index contributed by atoms with van der Waals surface area (Å²) in [5.41, 5.74) is 3.15. The molecule has 0 saturated heterocycles. The van der Waals surface area contributed by atoms with E-state index in [0.29, 0.717) is 5.56 Å². The smallest absolute Gasteiger partial charge is 0.339 e. The number of hydrogen-bond donors (Lipinski definition) is 2. The van der Waals surface area contributed by atoms with E-state index >= 15 is 0 Å². The Hall–Kier alpha value is -2.37. The van der Waals surface area contributed by atoms with Crippen molar-refractivity contribution in [1.82, 2.24) is 10.6 Å². The van der Waals surface area contributed by atoms with Crippen LogP contribution in [0.3, 0.4) is 0 Å². The fraction of sp³-hybridized carbons (Fsp3) is 0.471. The van der Waals surface area contributed by atoms with Gasteiger partial charge >= 0.3 is 5.97 Å². The second-order valence-electron chi connectivity index (χ2n) is 5.85. The van der Waals surface area contributed by atoms with Crippen molar-refractivity contribution in [3.05, 3.63) is 34.4 Å². The van der Waals surface area contributed by atoms with E-state index in [9.17, 15) is 14.4 Å². The SMILES string of the molecule is Cc1cc(C)c(C(=O)OCC(=O)NCC(=O)NC(C)C)c(C)c1. The van der Waals surface area contributed by atoms with Crippen LogP contribution in [0, 0.1) is 20.8 Å². The summed E-state index contributed by atoms with van der Waals surface area (Å²) >= 11 is 0. The third-order valence-electron chi connectivity index (χ3n) is 3.11. The third kappa shape index (κ3) is 6.10. The van der Waals surface area contributed by atoms with Crippen molar-refractivity contribution in [3.63, 3.8) is 0 Å². The van der Waals surface area contributed by atoms with Crippen LogP contribution in [0.5, 0.6) is 0 Å². The summed E-state index contributed by atoms with van der Waals surface area (Å²) in [4.78, 5) is 35.1. The summed E-state index contributed by atoms with van der Waals surface area (Å²) in [5, 5.41) is 5.05. The van der Waals surface area contributed by atoms with Crippen LogP contribution in [0.25, 0.3) is 0 Å². The Labute approximate surface area is 136 Å². The first-order valence-corrected chi connectivity index (χ1v) is 7.51. The van der Waals surface area contributed by atoms with Gasteiger partial charge in [-0.15, -0.1) is 0 Å². The van der Waals surface area contributed by atoms with Crippen LogP contribution in [-0.4, -0.2) is 37.0 Å². The molecule has 0 aromatic heterocycles. The van der Waals surface area contributed by atoms with Gasteiger partial charge in [-0.25, -0.2) is 4.79 Å². The van der Waals surface area contributed by atoms with E-state index in [2.05, 4.69) is 10.6 Å². The molecule has 0 fully saturated rings. The van der Waals surface area contributed by atoms with Crippen molar-refractivity contribution in [2.24, 2.45) is 0 Å². The average molecular weight is 320 g/mol. The van der Waals surface area contributed by atoms with Crippen LogP contribution in [0.2, 0.25) is 0 Å². The van der Waals surface area contributed by atoms with E-state index in [1.54, 1.807) is 0 Å². The predicted octanol–water partition coefficient (Wildman–Crippen LogP) is 1.41. The molecule has 126 valence electrons. The molecular formula is C17H24N2O4. The van der Waals surface area contributed by atoms with Crippen LogP contribution >= 0.6 is 0 Å². The zero-order valence-electron chi connectivity index (χ0n) is 14.3. The minimum Gasteiger partial charge on any atom is -0.452 e. The maximum atomic E-state index is 12.1. The van der Waals surface area contributed by atoms with Crippen LogP contribution in [0.4, 0.5) is 0 Å². The normalized spacial score (nSPS) is 10.3. The van der Waals surface area contributed by atoms with E-state index in [4.69, 9.17) is 4.74 Å². The van der Waals surface area contributed by atoms with Gasteiger partial charge in [-0.3, -0.25) is 9.59 Å². The highest BCUT2D eigenvalue weighted by Crippen LogP contribution is 2.17. The Morgan fingerprint density at radius 2 is 1.61 bits per heavy atom. The van der Waals surface area contributed by atoms with Crippen molar-refractivity contribution < 1.29 is 19.1 Å². The van der Waals surface area contributed by atoms with Crippen LogP contribution < -0.4 is 10.6 Å². The molecule has 1 aromatic rings. The summed E-state index contributed by atoms with van der Waals surface area (Å²) in [6.45, 7) is 8.70. The minimum atomic E-state index is -0.540. The van der Waals surface area contributed by atoms with Crippen LogP contribution in [0.15, 0.2) is 12.1 Å².